The van der Waals surface area contributed by atoms with Crippen LogP contribution in [0.4, 0.5) is 4.39 Å². The highest BCUT2D eigenvalue weighted by Gasteiger charge is 2.29. The van der Waals surface area contributed by atoms with Crippen LogP contribution in [-0.4, -0.2) is 47.8 Å². The highest BCUT2D eigenvalue weighted by Crippen LogP contribution is 2.16. The van der Waals surface area contributed by atoms with E-state index < -0.39 is 11.9 Å². The van der Waals surface area contributed by atoms with Crippen molar-refractivity contribution in [2.24, 2.45) is 0 Å². The zero-order valence-electron chi connectivity index (χ0n) is 10.2. The Kier molecular flexibility index (Phi) is 3.93. The fourth-order valence-corrected chi connectivity index (χ4v) is 2.12. The number of amides is 1. The lowest BCUT2D eigenvalue weighted by atomic mass is 10.1. The van der Waals surface area contributed by atoms with Gasteiger partial charge < -0.3 is 14.7 Å². The molecule has 0 spiro atoms. The Balaban J connectivity index is 2.16. The van der Waals surface area contributed by atoms with Gasteiger partial charge in [-0.3, -0.25) is 4.79 Å². The maximum atomic E-state index is 13.5. The summed E-state index contributed by atoms with van der Waals surface area (Å²) in [5.41, 5.74) is 0.0586. The first kappa shape index (κ1) is 13.0. The van der Waals surface area contributed by atoms with Crippen molar-refractivity contribution in [1.29, 1.82) is 0 Å². The number of hydrogen-bond acceptors (Lipinski definition) is 3. The molecule has 1 N–H and O–H groups in total. The van der Waals surface area contributed by atoms with Crippen molar-refractivity contribution in [2.75, 3.05) is 19.7 Å². The van der Waals surface area contributed by atoms with Crippen LogP contribution in [0.5, 0.6) is 0 Å². The van der Waals surface area contributed by atoms with Gasteiger partial charge in [-0.25, -0.2) is 4.39 Å². The average molecular weight is 253 g/mol. The number of ether oxygens (including phenoxy) is 1. The summed E-state index contributed by atoms with van der Waals surface area (Å²) in [6.45, 7) is 2.37. The molecule has 1 aromatic rings. The smallest absolute Gasteiger partial charge is 0.257 e. The molecule has 1 aliphatic rings. The van der Waals surface area contributed by atoms with E-state index >= 15 is 0 Å². The van der Waals surface area contributed by atoms with Gasteiger partial charge in [-0.1, -0.05) is 12.1 Å². The molecule has 1 saturated heterocycles. The van der Waals surface area contributed by atoms with Crippen molar-refractivity contribution in [3.05, 3.63) is 35.6 Å². The van der Waals surface area contributed by atoms with E-state index in [0.29, 0.717) is 6.54 Å². The number of benzene rings is 1. The van der Waals surface area contributed by atoms with Crippen molar-refractivity contribution in [3.8, 4) is 0 Å². The van der Waals surface area contributed by atoms with E-state index in [1.165, 1.54) is 17.0 Å². The molecule has 1 amide bonds. The van der Waals surface area contributed by atoms with E-state index in [0.717, 1.165) is 0 Å². The molecular weight excluding hydrogens is 237 g/mol. The van der Waals surface area contributed by atoms with Gasteiger partial charge in [-0.15, -0.1) is 0 Å². The number of carbonyl (C=O) groups excluding carboxylic acids is 1. The molecule has 1 aliphatic heterocycles. The molecule has 2 unspecified atom stereocenters. The number of rotatable bonds is 2. The van der Waals surface area contributed by atoms with Crippen molar-refractivity contribution in [2.45, 2.75) is 19.1 Å². The lowest BCUT2D eigenvalue weighted by molar-refractivity contribution is -0.0859. The number of halogens is 1. The third kappa shape index (κ3) is 2.68. The van der Waals surface area contributed by atoms with E-state index in [-0.39, 0.29) is 30.7 Å². The summed E-state index contributed by atoms with van der Waals surface area (Å²) >= 11 is 0. The van der Waals surface area contributed by atoms with Crippen LogP contribution >= 0.6 is 0 Å². The Morgan fingerprint density at radius 1 is 1.50 bits per heavy atom. The molecular formula is C13H16FNO3. The van der Waals surface area contributed by atoms with Gasteiger partial charge in [0.15, 0.2) is 0 Å². The van der Waals surface area contributed by atoms with E-state index in [9.17, 15) is 9.18 Å². The minimum absolute atomic E-state index is 0.0586. The lowest BCUT2D eigenvalue weighted by Crippen LogP contribution is -2.50. The second kappa shape index (κ2) is 5.46. The molecule has 1 aromatic carbocycles. The molecule has 18 heavy (non-hydrogen) atoms. The van der Waals surface area contributed by atoms with Gasteiger partial charge in [0.2, 0.25) is 0 Å². The van der Waals surface area contributed by atoms with Crippen molar-refractivity contribution in [1.82, 2.24) is 4.90 Å². The number of aliphatic hydroxyl groups is 1. The highest BCUT2D eigenvalue weighted by atomic mass is 19.1. The summed E-state index contributed by atoms with van der Waals surface area (Å²) in [7, 11) is 0. The van der Waals surface area contributed by atoms with Gasteiger partial charge in [-0.05, 0) is 19.1 Å². The van der Waals surface area contributed by atoms with Gasteiger partial charge in [0, 0.05) is 13.1 Å². The number of morpholine rings is 1. The van der Waals surface area contributed by atoms with Crippen molar-refractivity contribution in [3.63, 3.8) is 0 Å². The SMILES string of the molecule is CC1CN(C(=O)c2ccccc2F)CC(CO)O1. The number of aliphatic hydroxyl groups excluding tert-OH is 1. The highest BCUT2D eigenvalue weighted by molar-refractivity contribution is 5.94. The fourth-order valence-electron chi connectivity index (χ4n) is 2.12. The summed E-state index contributed by atoms with van der Waals surface area (Å²) in [5, 5.41) is 9.10. The Hall–Kier alpha value is -1.46. The Labute approximate surface area is 105 Å². The Bertz CT molecular complexity index is 438. The van der Waals surface area contributed by atoms with Crippen molar-refractivity contribution < 1.29 is 19.0 Å². The fraction of sp³-hybridized carbons (Fsp3) is 0.462. The van der Waals surface area contributed by atoms with Gasteiger partial charge in [-0.2, -0.15) is 0 Å². The normalized spacial score (nSPS) is 24.1. The molecule has 0 saturated carbocycles. The molecule has 2 rings (SSSR count). The van der Waals surface area contributed by atoms with Crippen molar-refractivity contribution >= 4 is 5.91 Å². The Morgan fingerprint density at radius 2 is 2.22 bits per heavy atom. The van der Waals surface area contributed by atoms with Crippen LogP contribution < -0.4 is 0 Å². The number of nitrogens with zero attached hydrogens (tertiary/aromatic N) is 1. The van der Waals surface area contributed by atoms with Crippen LogP contribution in [0.1, 0.15) is 17.3 Å². The first-order chi connectivity index (χ1) is 8.61. The first-order valence-corrected chi connectivity index (χ1v) is 5.92. The molecule has 0 aromatic heterocycles. The van der Waals surface area contributed by atoms with Crippen LogP contribution in [0, 0.1) is 5.82 Å². The minimum atomic E-state index is -0.526. The summed E-state index contributed by atoms with van der Waals surface area (Å²) in [5.74, 6) is -0.885. The summed E-state index contributed by atoms with van der Waals surface area (Å²) < 4.78 is 19.0. The van der Waals surface area contributed by atoms with Crippen LogP contribution in [0.3, 0.4) is 0 Å². The van der Waals surface area contributed by atoms with Crippen LogP contribution in [0.2, 0.25) is 0 Å². The Morgan fingerprint density at radius 3 is 2.89 bits per heavy atom. The monoisotopic (exact) mass is 253 g/mol. The predicted molar refractivity (Wildman–Crippen MR) is 63.7 cm³/mol. The second-order valence-electron chi connectivity index (χ2n) is 4.44. The summed E-state index contributed by atoms with van der Waals surface area (Å²) in [6.07, 6.45) is -0.559. The zero-order chi connectivity index (χ0) is 13.1. The van der Waals surface area contributed by atoms with Crippen LogP contribution in [0.25, 0.3) is 0 Å². The molecule has 1 fully saturated rings. The summed E-state index contributed by atoms with van der Waals surface area (Å²) in [4.78, 5) is 13.7. The predicted octanol–water partition coefficient (Wildman–Crippen LogP) is 1.05. The van der Waals surface area contributed by atoms with Gasteiger partial charge in [0.05, 0.1) is 24.4 Å². The van der Waals surface area contributed by atoms with E-state index in [4.69, 9.17) is 9.84 Å². The molecule has 2 atom stereocenters. The molecule has 0 bridgehead atoms. The third-order valence-electron chi connectivity index (χ3n) is 2.92. The van der Waals surface area contributed by atoms with Crippen LogP contribution in [-0.2, 0) is 4.74 Å². The molecule has 1 heterocycles. The van der Waals surface area contributed by atoms with Gasteiger partial charge in [0.1, 0.15) is 5.82 Å². The topological polar surface area (TPSA) is 49.8 Å². The largest absolute Gasteiger partial charge is 0.394 e. The van der Waals surface area contributed by atoms with E-state index in [1.807, 2.05) is 6.92 Å². The minimum Gasteiger partial charge on any atom is -0.394 e. The number of hydrogen-bond donors (Lipinski definition) is 1. The molecule has 0 radical (unpaired) electrons. The molecule has 0 aliphatic carbocycles. The molecule has 4 nitrogen and oxygen atoms in total. The van der Waals surface area contributed by atoms with Gasteiger partial charge >= 0.3 is 0 Å². The first-order valence-electron chi connectivity index (χ1n) is 5.92. The molecule has 98 valence electrons. The van der Waals surface area contributed by atoms with Crippen LogP contribution in [0.15, 0.2) is 24.3 Å². The number of carbonyl (C=O) groups is 1. The standard InChI is InChI=1S/C13H16FNO3/c1-9-6-15(7-10(8-16)18-9)13(17)11-4-2-3-5-12(11)14/h2-5,9-10,16H,6-8H2,1H3. The molecule has 5 heteroatoms. The lowest BCUT2D eigenvalue weighted by Gasteiger charge is -2.36. The van der Waals surface area contributed by atoms with Gasteiger partial charge in [0.25, 0.3) is 5.91 Å². The van der Waals surface area contributed by atoms with E-state index in [2.05, 4.69) is 0 Å². The second-order valence-corrected chi connectivity index (χ2v) is 4.44. The average Bonchev–Trinajstić information content (AvgIpc) is 2.37. The maximum Gasteiger partial charge on any atom is 0.257 e. The quantitative estimate of drug-likeness (QED) is 0.857. The maximum absolute atomic E-state index is 13.5. The summed E-state index contributed by atoms with van der Waals surface area (Å²) in [6, 6.07) is 5.90. The van der Waals surface area contributed by atoms with E-state index in [1.54, 1.807) is 12.1 Å². The zero-order valence-corrected chi connectivity index (χ0v) is 10.2. The third-order valence-corrected chi connectivity index (χ3v) is 2.92.